The van der Waals surface area contributed by atoms with Crippen LogP contribution in [0.1, 0.15) is 33.6 Å². The van der Waals surface area contributed by atoms with E-state index < -0.39 is 0 Å². The molecular formula is C12H27N3. The maximum atomic E-state index is 6.14. The van der Waals surface area contributed by atoms with E-state index in [1.807, 2.05) is 0 Å². The van der Waals surface area contributed by atoms with Gasteiger partial charge in [0.05, 0.1) is 0 Å². The number of likely N-dealkylation sites (N-methyl/N-ethyl adjacent to an activating group) is 1. The van der Waals surface area contributed by atoms with Crippen LogP contribution in [0.15, 0.2) is 0 Å². The zero-order chi connectivity index (χ0) is 11.4. The highest BCUT2D eigenvalue weighted by atomic mass is 15.3. The summed E-state index contributed by atoms with van der Waals surface area (Å²) in [6.45, 7) is 10.3. The first-order valence-corrected chi connectivity index (χ1v) is 6.26. The van der Waals surface area contributed by atoms with Gasteiger partial charge in [-0.3, -0.25) is 4.90 Å². The molecule has 90 valence electrons. The van der Waals surface area contributed by atoms with Crippen molar-refractivity contribution < 1.29 is 0 Å². The Morgan fingerprint density at radius 3 is 2.67 bits per heavy atom. The van der Waals surface area contributed by atoms with Crippen molar-refractivity contribution >= 4 is 0 Å². The number of nitrogens with two attached hydrogens (primary N) is 1. The molecule has 0 radical (unpaired) electrons. The fourth-order valence-corrected chi connectivity index (χ4v) is 2.58. The quantitative estimate of drug-likeness (QED) is 0.763. The zero-order valence-electron chi connectivity index (χ0n) is 10.7. The predicted molar refractivity (Wildman–Crippen MR) is 66.0 cm³/mol. The molecule has 0 aromatic rings. The van der Waals surface area contributed by atoms with E-state index in [-0.39, 0.29) is 0 Å². The molecule has 3 nitrogen and oxygen atoms in total. The molecule has 0 aromatic heterocycles. The highest BCUT2D eigenvalue weighted by molar-refractivity contribution is 4.84. The fourth-order valence-electron chi connectivity index (χ4n) is 2.58. The van der Waals surface area contributed by atoms with E-state index >= 15 is 0 Å². The van der Waals surface area contributed by atoms with Gasteiger partial charge in [0, 0.05) is 31.2 Å². The van der Waals surface area contributed by atoms with Crippen LogP contribution in [0.2, 0.25) is 0 Å². The lowest BCUT2D eigenvalue weighted by Gasteiger charge is -2.36. The van der Waals surface area contributed by atoms with Gasteiger partial charge in [-0.25, -0.2) is 0 Å². The van der Waals surface area contributed by atoms with Crippen LogP contribution in [0.25, 0.3) is 0 Å². The second-order valence-corrected chi connectivity index (χ2v) is 5.02. The molecule has 0 spiro atoms. The summed E-state index contributed by atoms with van der Waals surface area (Å²) in [7, 11) is 2.21. The summed E-state index contributed by atoms with van der Waals surface area (Å²) in [6, 6.07) is 1.46. The Kier molecular flexibility index (Phi) is 5.03. The molecule has 1 fully saturated rings. The van der Waals surface area contributed by atoms with Crippen LogP contribution in [0.3, 0.4) is 0 Å². The summed E-state index contributed by atoms with van der Waals surface area (Å²) in [4.78, 5) is 5.01. The van der Waals surface area contributed by atoms with Crippen molar-refractivity contribution in [2.24, 2.45) is 5.73 Å². The predicted octanol–water partition coefficient (Wildman–Crippen LogP) is 1.14. The Morgan fingerprint density at radius 2 is 2.07 bits per heavy atom. The molecule has 3 unspecified atom stereocenters. The standard InChI is InChI=1S/C12H27N3/c1-5-12(13)11(3)15-8-6-7-14(4)9-10(15)2/h10-12H,5-9,13H2,1-4H3. The lowest BCUT2D eigenvalue weighted by molar-refractivity contribution is 0.133. The van der Waals surface area contributed by atoms with Crippen LogP contribution in [0.5, 0.6) is 0 Å². The van der Waals surface area contributed by atoms with Gasteiger partial charge in [-0.2, -0.15) is 0 Å². The number of nitrogens with zero attached hydrogens (tertiary/aromatic N) is 2. The maximum absolute atomic E-state index is 6.14. The SMILES string of the molecule is CCC(N)C(C)N1CCCN(C)CC1C. The average Bonchev–Trinajstić information content (AvgIpc) is 2.37. The van der Waals surface area contributed by atoms with Crippen molar-refractivity contribution in [3.8, 4) is 0 Å². The highest BCUT2D eigenvalue weighted by Gasteiger charge is 2.26. The largest absolute Gasteiger partial charge is 0.326 e. The summed E-state index contributed by atoms with van der Waals surface area (Å²) in [5.74, 6) is 0. The van der Waals surface area contributed by atoms with E-state index in [1.165, 1.54) is 26.1 Å². The van der Waals surface area contributed by atoms with Crippen molar-refractivity contribution in [1.29, 1.82) is 0 Å². The molecule has 1 saturated heterocycles. The molecule has 15 heavy (non-hydrogen) atoms. The Hall–Kier alpha value is -0.120. The van der Waals surface area contributed by atoms with Crippen LogP contribution >= 0.6 is 0 Å². The fraction of sp³-hybridized carbons (Fsp3) is 1.00. The van der Waals surface area contributed by atoms with Crippen molar-refractivity contribution in [2.45, 2.75) is 51.7 Å². The van der Waals surface area contributed by atoms with E-state index in [9.17, 15) is 0 Å². The molecule has 1 heterocycles. The van der Waals surface area contributed by atoms with E-state index in [0.29, 0.717) is 18.1 Å². The molecule has 1 aliphatic heterocycles. The molecule has 2 N–H and O–H groups in total. The van der Waals surface area contributed by atoms with Gasteiger partial charge in [-0.15, -0.1) is 0 Å². The van der Waals surface area contributed by atoms with E-state index in [4.69, 9.17) is 5.73 Å². The lowest BCUT2D eigenvalue weighted by atomic mass is 10.0. The van der Waals surface area contributed by atoms with Gasteiger partial charge in [-0.05, 0) is 40.3 Å². The summed E-state index contributed by atoms with van der Waals surface area (Å²) in [5, 5.41) is 0. The topological polar surface area (TPSA) is 32.5 Å². The Bertz CT molecular complexity index is 184. The Balaban J connectivity index is 2.58. The minimum absolute atomic E-state index is 0.316. The molecule has 0 saturated carbocycles. The Morgan fingerprint density at radius 1 is 1.40 bits per heavy atom. The van der Waals surface area contributed by atoms with Crippen LogP contribution in [0, 0.1) is 0 Å². The first kappa shape index (κ1) is 12.9. The normalized spacial score (nSPS) is 29.8. The number of hydrogen-bond acceptors (Lipinski definition) is 3. The van der Waals surface area contributed by atoms with Gasteiger partial charge in [0.1, 0.15) is 0 Å². The van der Waals surface area contributed by atoms with Gasteiger partial charge in [-0.1, -0.05) is 6.92 Å². The van der Waals surface area contributed by atoms with Gasteiger partial charge in [0.15, 0.2) is 0 Å². The smallest absolute Gasteiger partial charge is 0.0222 e. The van der Waals surface area contributed by atoms with Crippen LogP contribution in [0.4, 0.5) is 0 Å². The summed E-state index contributed by atoms with van der Waals surface area (Å²) >= 11 is 0. The number of rotatable bonds is 3. The van der Waals surface area contributed by atoms with Crippen molar-refractivity contribution in [1.82, 2.24) is 9.80 Å². The molecule has 1 aliphatic rings. The van der Waals surface area contributed by atoms with Gasteiger partial charge < -0.3 is 10.6 Å². The van der Waals surface area contributed by atoms with Gasteiger partial charge in [0.2, 0.25) is 0 Å². The first-order valence-electron chi connectivity index (χ1n) is 6.26. The summed E-state index contributed by atoms with van der Waals surface area (Å²) in [5.41, 5.74) is 6.14. The van der Waals surface area contributed by atoms with Crippen molar-refractivity contribution in [2.75, 3.05) is 26.7 Å². The second-order valence-electron chi connectivity index (χ2n) is 5.02. The van der Waals surface area contributed by atoms with Gasteiger partial charge >= 0.3 is 0 Å². The second kappa shape index (κ2) is 5.83. The van der Waals surface area contributed by atoms with E-state index in [0.717, 1.165) is 6.42 Å². The minimum atomic E-state index is 0.316. The summed E-state index contributed by atoms with van der Waals surface area (Å²) < 4.78 is 0. The minimum Gasteiger partial charge on any atom is -0.326 e. The van der Waals surface area contributed by atoms with E-state index in [2.05, 4.69) is 37.6 Å². The monoisotopic (exact) mass is 213 g/mol. The molecule has 0 amide bonds. The van der Waals surface area contributed by atoms with E-state index in [1.54, 1.807) is 0 Å². The molecule has 0 bridgehead atoms. The van der Waals surface area contributed by atoms with Crippen LogP contribution < -0.4 is 5.73 Å². The average molecular weight is 213 g/mol. The molecule has 0 aliphatic carbocycles. The van der Waals surface area contributed by atoms with Crippen molar-refractivity contribution in [3.05, 3.63) is 0 Å². The third-order valence-electron chi connectivity index (χ3n) is 3.71. The lowest BCUT2D eigenvalue weighted by Crippen LogP contribution is -2.51. The maximum Gasteiger partial charge on any atom is 0.0222 e. The molecular weight excluding hydrogens is 186 g/mol. The third-order valence-corrected chi connectivity index (χ3v) is 3.71. The highest BCUT2D eigenvalue weighted by Crippen LogP contribution is 2.14. The number of hydrogen-bond donors (Lipinski definition) is 1. The van der Waals surface area contributed by atoms with Crippen molar-refractivity contribution in [3.63, 3.8) is 0 Å². The molecule has 0 aromatic carbocycles. The Labute approximate surface area is 94.6 Å². The third kappa shape index (κ3) is 3.44. The van der Waals surface area contributed by atoms with Crippen LogP contribution in [-0.4, -0.2) is 54.6 Å². The van der Waals surface area contributed by atoms with Gasteiger partial charge in [0.25, 0.3) is 0 Å². The first-order chi connectivity index (χ1) is 7.06. The summed E-state index contributed by atoms with van der Waals surface area (Å²) in [6.07, 6.45) is 2.34. The zero-order valence-corrected chi connectivity index (χ0v) is 10.7. The molecule has 1 rings (SSSR count). The molecule has 3 atom stereocenters. The van der Waals surface area contributed by atoms with Crippen LogP contribution in [-0.2, 0) is 0 Å². The molecule has 3 heteroatoms.